The zero-order valence-electron chi connectivity index (χ0n) is 18.9. The normalized spacial score (nSPS) is 9.44. The number of allylic oxidation sites excluding steroid dienone is 2. The number of hydrogen-bond donors (Lipinski definition) is 0. The molecule has 0 spiro atoms. The van der Waals surface area contributed by atoms with E-state index in [9.17, 15) is 0 Å². The Balaban J connectivity index is 0. The molecule has 0 aliphatic rings. The van der Waals surface area contributed by atoms with Gasteiger partial charge in [-0.2, -0.15) is 0 Å². The van der Waals surface area contributed by atoms with E-state index in [0.29, 0.717) is 0 Å². The van der Waals surface area contributed by atoms with Gasteiger partial charge < -0.3 is 0 Å². The standard InChI is InChI=1S/2C10H20.C7H8/c2*1-3-5-7-9-10-8-6-4-2;1-7-5-3-2-4-6-7/h2*3H,1,4-10H2,2H3;2-6H,1H3. The topological polar surface area (TPSA) is 0 Å². The Morgan fingerprint density at radius 2 is 0.963 bits per heavy atom. The van der Waals surface area contributed by atoms with Crippen molar-refractivity contribution < 1.29 is 0 Å². The van der Waals surface area contributed by atoms with Crippen molar-refractivity contribution in [2.24, 2.45) is 0 Å². The molecule has 0 unspecified atom stereocenters. The van der Waals surface area contributed by atoms with Crippen molar-refractivity contribution in [3.63, 3.8) is 0 Å². The molecule has 0 fully saturated rings. The maximum absolute atomic E-state index is 3.69. The third-order valence-electron chi connectivity index (χ3n) is 4.46. The summed E-state index contributed by atoms with van der Waals surface area (Å²) < 4.78 is 0. The fourth-order valence-corrected chi connectivity index (χ4v) is 2.67. The maximum Gasteiger partial charge on any atom is -0.0353 e. The highest BCUT2D eigenvalue weighted by Gasteiger charge is 1.87. The van der Waals surface area contributed by atoms with Crippen molar-refractivity contribution >= 4 is 0 Å². The summed E-state index contributed by atoms with van der Waals surface area (Å²) in [5, 5.41) is 0. The van der Waals surface area contributed by atoms with Crippen molar-refractivity contribution in [2.45, 2.75) is 111 Å². The van der Waals surface area contributed by atoms with E-state index in [1.165, 1.54) is 95.5 Å². The van der Waals surface area contributed by atoms with Gasteiger partial charge in [-0.3, -0.25) is 0 Å². The molecule has 1 aromatic rings. The van der Waals surface area contributed by atoms with E-state index in [4.69, 9.17) is 0 Å². The van der Waals surface area contributed by atoms with Crippen molar-refractivity contribution in [1.29, 1.82) is 0 Å². The fourth-order valence-electron chi connectivity index (χ4n) is 2.67. The summed E-state index contributed by atoms with van der Waals surface area (Å²) in [7, 11) is 0. The molecule has 0 heteroatoms. The van der Waals surface area contributed by atoms with E-state index in [2.05, 4.69) is 46.1 Å². The molecule has 1 rings (SSSR count). The minimum atomic E-state index is 1.20. The van der Waals surface area contributed by atoms with Crippen LogP contribution in [0.2, 0.25) is 0 Å². The molecular formula is C27H48. The molecule has 0 nitrogen and oxygen atoms in total. The van der Waals surface area contributed by atoms with E-state index in [1.807, 2.05) is 30.4 Å². The van der Waals surface area contributed by atoms with Gasteiger partial charge in [0.05, 0.1) is 0 Å². The quantitative estimate of drug-likeness (QED) is 0.225. The molecule has 156 valence electrons. The molecular weight excluding hydrogens is 324 g/mol. The van der Waals surface area contributed by atoms with E-state index in [-0.39, 0.29) is 0 Å². The number of hydrogen-bond acceptors (Lipinski definition) is 0. The van der Waals surface area contributed by atoms with Crippen LogP contribution in [-0.2, 0) is 0 Å². The lowest BCUT2D eigenvalue weighted by Crippen LogP contribution is -1.76. The van der Waals surface area contributed by atoms with Gasteiger partial charge in [-0.1, -0.05) is 126 Å². The minimum Gasteiger partial charge on any atom is -0.103 e. The smallest absolute Gasteiger partial charge is 0.0353 e. The van der Waals surface area contributed by atoms with Crippen LogP contribution in [0.4, 0.5) is 0 Å². The fraction of sp³-hybridized carbons (Fsp3) is 0.630. The highest BCUT2D eigenvalue weighted by Crippen LogP contribution is 2.07. The molecule has 0 amide bonds. The zero-order chi connectivity index (χ0) is 20.4. The summed E-state index contributed by atoms with van der Waals surface area (Å²) in [5.74, 6) is 0. The average Bonchev–Trinajstić information content (AvgIpc) is 2.69. The molecule has 0 atom stereocenters. The molecule has 0 N–H and O–H groups in total. The molecule has 27 heavy (non-hydrogen) atoms. The molecule has 0 aliphatic carbocycles. The SMILES string of the molecule is C=CCCCCCCCC.C=CCCCCCCCC.Cc1ccccc1. The van der Waals surface area contributed by atoms with Crippen molar-refractivity contribution in [3.8, 4) is 0 Å². The van der Waals surface area contributed by atoms with Gasteiger partial charge in [0, 0.05) is 0 Å². The summed E-state index contributed by atoms with van der Waals surface area (Å²) in [6.07, 6.45) is 23.1. The lowest BCUT2D eigenvalue weighted by atomic mass is 10.1. The Bertz CT molecular complexity index is 356. The van der Waals surface area contributed by atoms with Gasteiger partial charge in [-0.05, 0) is 32.6 Å². The van der Waals surface area contributed by atoms with Gasteiger partial charge in [0.15, 0.2) is 0 Å². The Labute approximate surface area is 172 Å². The second kappa shape index (κ2) is 26.9. The van der Waals surface area contributed by atoms with E-state index in [1.54, 1.807) is 0 Å². The van der Waals surface area contributed by atoms with E-state index in [0.717, 1.165) is 0 Å². The van der Waals surface area contributed by atoms with Crippen molar-refractivity contribution in [3.05, 3.63) is 61.2 Å². The third kappa shape index (κ3) is 29.7. The second-order valence-electron chi connectivity index (χ2n) is 7.34. The monoisotopic (exact) mass is 372 g/mol. The van der Waals surface area contributed by atoms with E-state index >= 15 is 0 Å². The summed E-state index contributed by atoms with van der Waals surface area (Å²) in [6, 6.07) is 10.3. The molecule has 0 saturated heterocycles. The Hall–Kier alpha value is -1.30. The van der Waals surface area contributed by atoms with Gasteiger partial charge in [-0.25, -0.2) is 0 Å². The Kier molecular flexibility index (Phi) is 27.8. The second-order valence-corrected chi connectivity index (χ2v) is 7.34. The van der Waals surface area contributed by atoms with Gasteiger partial charge in [0.2, 0.25) is 0 Å². The predicted octanol–water partition coefficient (Wildman–Crippen LogP) is 9.84. The molecule has 1 aromatic carbocycles. The summed E-state index contributed by atoms with van der Waals surface area (Å²) in [5.41, 5.74) is 1.32. The Morgan fingerprint density at radius 1 is 0.593 bits per heavy atom. The number of rotatable bonds is 14. The first-order valence-electron chi connectivity index (χ1n) is 11.5. The first kappa shape index (κ1) is 27.9. The minimum absolute atomic E-state index is 1.20. The number of aryl methyl sites for hydroxylation is 1. The number of unbranched alkanes of at least 4 members (excludes halogenated alkanes) is 12. The predicted molar refractivity (Wildman–Crippen MR) is 128 cm³/mol. The first-order chi connectivity index (χ1) is 13.2. The number of benzene rings is 1. The highest BCUT2D eigenvalue weighted by atomic mass is 13.9. The van der Waals surface area contributed by atoms with Crippen LogP contribution in [0.15, 0.2) is 55.6 Å². The molecule has 0 saturated carbocycles. The highest BCUT2D eigenvalue weighted by molar-refractivity contribution is 5.11. The van der Waals surface area contributed by atoms with Crippen LogP contribution in [0.3, 0.4) is 0 Å². The van der Waals surface area contributed by atoms with Crippen LogP contribution < -0.4 is 0 Å². The van der Waals surface area contributed by atoms with Gasteiger partial charge in [0.25, 0.3) is 0 Å². The summed E-state index contributed by atoms with van der Waals surface area (Å²) >= 11 is 0. The van der Waals surface area contributed by atoms with Gasteiger partial charge in [-0.15, -0.1) is 13.2 Å². The molecule has 0 radical (unpaired) electrons. The first-order valence-corrected chi connectivity index (χ1v) is 11.5. The van der Waals surface area contributed by atoms with Crippen LogP contribution in [0.1, 0.15) is 109 Å². The van der Waals surface area contributed by atoms with Gasteiger partial charge in [0.1, 0.15) is 0 Å². The van der Waals surface area contributed by atoms with Crippen LogP contribution in [-0.4, -0.2) is 0 Å². The van der Waals surface area contributed by atoms with Crippen molar-refractivity contribution in [2.75, 3.05) is 0 Å². The largest absolute Gasteiger partial charge is 0.103 e. The van der Waals surface area contributed by atoms with E-state index < -0.39 is 0 Å². The third-order valence-corrected chi connectivity index (χ3v) is 4.46. The van der Waals surface area contributed by atoms with Crippen LogP contribution in [0.25, 0.3) is 0 Å². The van der Waals surface area contributed by atoms with Gasteiger partial charge >= 0.3 is 0 Å². The molecule has 0 aromatic heterocycles. The maximum atomic E-state index is 3.69. The summed E-state index contributed by atoms with van der Waals surface area (Å²) in [6.45, 7) is 14.0. The van der Waals surface area contributed by atoms with Crippen LogP contribution >= 0.6 is 0 Å². The van der Waals surface area contributed by atoms with Crippen LogP contribution in [0.5, 0.6) is 0 Å². The lowest BCUT2D eigenvalue weighted by Gasteiger charge is -1.96. The lowest BCUT2D eigenvalue weighted by molar-refractivity contribution is 0.611. The average molecular weight is 373 g/mol. The zero-order valence-corrected chi connectivity index (χ0v) is 18.9. The molecule has 0 aliphatic heterocycles. The Morgan fingerprint density at radius 3 is 1.26 bits per heavy atom. The summed E-state index contributed by atoms with van der Waals surface area (Å²) in [4.78, 5) is 0. The van der Waals surface area contributed by atoms with Crippen LogP contribution in [0, 0.1) is 6.92 Å². The van der Waals surface area contributed by atoms with Crippen molar-refractivity contribution in [1.82, 2.24) is 0 Å². The molecule has 0 heterocycles. The molecule has 0 bridgehead atoms.